The van der Waals surface area contributed by atoms with E-state index in [0.717, 1.165) is 4.88 Å². The summed E-state index contributed by atoms with van der Waals surface area (Å²) in [6.07, 6.45) is -0.136. The second-order valence-corrected chi connectivity index (χ2v) is 5.48. The minimum Gasteiger partial charge on any atom is -0.478 e. The summed E-state index contributed by atoms with van der Waals surface area (Å²) in [5.74, 6) is -2.00. The summed E-state index contributed by atoms with van der Waals surface area (Å²) in [5.41, 5.74) is 0.324. The average molecular weight is 293 g/mol. The number of thiophene rings is 1. The number of carbonyl (C=O) groups excluding carboxylic acids is 1. The van der Waals surface area contributed by atoms with Crippen molar-refractivity contribution in [3.8, 4) is 0 Å². The molecule has 6 heteroatoms. The van der Waals surface area contributed by atoms with E-state index in [9.17, 15) is 14.0 Å². The number of aromatic carboxylic acids is 1. The fraction of sp³-hybridized carbons (Fsp3) is 0.143. The molecule has 2 N–H and O–H groups in total. The molecule has 4 nitrogen and oxygen atoms in total. The van der Waals surface area contributed by atoms with E-state index < -0.39 is 17.7 Å². The largest absolute Gasteiger partial charge is 0.478 e. The van der Waals surface area contributed by atoms with Crippen molar-refractivity contribution in [3.05, 3.63) is 52.2 Å². The Bertz CT molecular complexity index is 666. The van der Waals surface area contributed by atoms with Gasteiger partial charge in [0.2, 0.25) is 5.91 Å². The molecule has 0 aliphatic heterocycles. The van der Waals surface area contributed by atoms with Crippen molar-refractivity contribution in [1.82, 2.24) is 0 Å². The number of carboxylic acid groups (broad SMARTS) is 1. The Hall–Kier alpha value is -2.21. The second kappa shape index (κ2) is 5.83. The molecule has 0 bridgehead atoms. The van der Waals surface area contributed by atoms with Crippen LogP contribution < -0.4 is 5.32 Å². The van der Waals surface area contributed by atoms with Crippen molar-refractivity contribution in [3.63, 3.8) is 0 Å². The third-order valence-electron chi connectivity index (χ3n) is 2.65. The number of hydrogen-bond donors (Lipinski definition) is 2. The average Bonchev–Trinajstić information content (AvgIpc) is 2.73. The number of hydrogen-bond acceptors (Lipinski definition) is 3. The van der Waals surface area contributed by atoms with Crippen LogP contribution in [0.2, 0.25) is 0 Å². The van der Waals surface area contributed by atoms with Crippen LogP contribution >= 0.6 is 11.3 Å². The molecule has 0 aliphatic rings. The van der Waals surface area contributed by atoms with Crippen LogP contribution in [0.3, 0.4) is 0 Å². The van der Waals surface area contributed by atoms with E-state index in [1.807, 2.05) is 0 Å². The summed E-state index contributed by atoms with van der Waals surface area (Å²) in [6.45, 7) is 1.75. The van der Waals surface area contributed by atoms with Crippen LogP contribution in [0.15, 0.2) is 30.3 Å². The van der Waals surface area contributed by atoms with Gasteiger partial charge < -0.3 is 10.4 Å². The molecule has 1 amide bonds. The normalized spacial score (nSPS) is 10.3. The molecule has 1 heterocycles. The molecule has 0 saturated carbocycles. The summed E-state index contributed by atoms with van der Waals surface area (Å²) in [6, 6.07) is 7.48. The summed E-state index contributed by atoms with van der Waals surface area (Å²) in [4.78, 5) is 23.7. The molecule has 0 aliphatic carbocycles. The molecule has 0 radical (unpaired) electrons. The maximum Gasteiger partial charge on any atom is 0.338 e. The number of rotatable bonds is 4. The molecule has 104 valence electrons. The maximum absolute atomic E-state index is 13.4. The highest BCUT2D eigenvalue weighted by molar-refractivity contribution is 7.16. The zero-order chi connectivity index (χ0) is 14.7. The van der Waals surface area contributed by atoms with Crippen LogP contribution in [-0.4, -0.2) is 17.0 Å². The number of benzene rings is 1. The number of amides is 1. The standard InChI is InChI=1S/C14H12FNO3S/c1-8-6-10(14(18)19)13(20-8)16-12(17)7-9-4-2-3-5-11(9)15/h2-6H,7H2,1H3,(H,16,17)(H,18,19). The van der Waals surface area contributed by atoms with Crippen LogP contribution in [0.25, 0.3) is 0 Å². The number of anilines is 1. The first-order valence-corrected chi connectivity index (χ1v) is 6.66. The van der Waals surface area contributed by atoms with Gasteiger partial charge in [0.25, 0.3) is 0 Å². The third kappa shape index (κ3) is 3.21. The lowest BCUT2D eigenvalue weighted by atomic mass is 10.1. The van der Waals surface area contributed by atoms with Gasteiger partial charge in [-0.05, 0) is 24.6 Å². The van der Waals surface area contributed by atoms with Gasteiger partial charge in [-0.25, -0.2) is 9.18 Å². The lowest BCUT2D eigenvalue weighted by molar-refractivity contribution is -0.115. The molecule has 0 saturated heterocycles. The topological polar surface area (TPSA) is 66.4 Å². The predicted octanol–water partition coefficient (Wildman–Crippen LogP) is 3.08. The van der Waals surface area contributed by atoms with Gasteiger partial charge in [-0.1, -0.05) is 18.2 Å². The van der Waals surface area contributed by atoms with Crippen molar-refractivity contribution in [2.75, 3.05) is 5.32 Å². The first-order valence-electron chi connectivity index (χ1n) is 5.84. The first kappa shape index (κ1) is 14.2. The van der Waals surface area contributed by atoms with Crippen LogP contribution in [0.5, 0.6) is 0 Å². The molecule has 0 atom stereocenters. The van der Waals surface area contributed by atoms with E-state index >= 15 is 0 Å². The molecule has 1 aromatic carbocycles. The second-order valence-electron chi connectivity index (χ2n) is 4.22. The lowest BCUT2D eigenvalue weighted by Crippen LogP contribution is -2.16. The molecule has 0 unspecified atom stereocenters. The zero-order valence-electron chi connectivity index (χ0n) is 10.6. The fourth-order valence-corrected chi connectivity index (χ4v) is 2.67. The Morgan fingerprint density at radius 2 is 2.05 bits per heavy atom. The number of carboxylic acids is 1. The molecule has 0 fully saturated rings. The summed E-state index contributed by atoms with van der Waals surface area (Å²) >= 11 is 1.18. The van der Waals surface area contributed by atoms with Gasteiger partial charge in [0.15, 0.2) is 0 Å². The highest BCUT2D eigenvalue weighted by Gasteiger charge is 2.16. The number of nitrogens with one attached hydrogen (secondary N) is 1. The fourth-order valence-electron chi connectivity index (χ4n) is 1.75. The van der Waals surface area contributed by atoms with Gasteiger partial charge in [-0.15, -0.1) is 11.3 Å². The Balaban J connectivity index is 2.13. The summed E-state index contributed by atoms with van der Waals surface area (Å²) in [5, 5.41) is 11.8. The molecule has 1 aromatic heterocycles. The van der Waals surface area contributed by atoms with Crippen molar-refractivity contribution in [1.29, 1.82) is 0 Å². The predicted molar refractivity (Wildman–Crippen MR) is 74.7 cm³/mol. The molecule has 2 aromatic rings. The van der Waals surface area contributed by atoms with E-state index in [2.05, 4.69) is 5.32 Å². The van der Waals surface area contributed by atoms with Crippen LogP contribution in [0.1, 0.15) is 20.8 Å². The van der Waals surface area contributed by atoms with Crippen LogP contribution in [0.4, 0.5) is 9.39 Å². The van der Waals surface area contributed by atoms with E-state index in [1.54, 1.807) is 19.1 Å². The minimum atomic E-state index is -1.10. The van der Waals surface area contributed by atoms with Gasteiger partial charge in [-0.3, -0.25) is 4.79 Å². The monoisotopic (exact) mass is 293 g/mol. The van der Waals surface area contributed by atoms with E-state index in [1.165, 1.54) is 29.5 Å². The lowest BCUT2D eigenvalue weighted by Gasteiger charge is -2.05. The Labute approximate surface area is 118 Å². The highest BCUT2D eigenvalue weighted by Crippen LogP contribution is 2.27. The molecule has 20 heavy (non-hydrogen) atoms. The van der Waals surface area contributed by atoms with E-state index in [0.29, 0.717) is 0 Å². The maximum atomic E-state index is 13.4. The van der Waals surface area contributed by atoms with Gasteiger partial charge in [0.1, 0.15) is 10.8 Å². The molecule has 0 spiro atoms. The number of carbonyl (C=O) groups is 2. The first-order chi connectivity index (χ1) is 9.47. The molecule has 2 rings (SSSR count). The van der Waals surface area contributed by atoms with Crippen molar-refractivity contribution in [2.24, 2.45) is 0 Å². The number of halogens is 1. The minimum absolute atomic E-state index is 0.0504. The summed E-state index contributed by atoms with van der Waals surface area (Å²) < 4.78 is 13.4. The SMILES string of the molecule is Cc1cc(C(=O)O)c(NC(=O)Cc2ccccc2F)s1. The van der Waals surface area contributed by atoms with E-state index in [4.69, 9.17) is 5.11 Å². The Morgan fingerprint density at radius 1 is 1.35 bits per heavy atom. The van der Waals surface area contributed by atoms with Gasteiger partial charge in [0.05, 0.1) is 12.0 Å². The van der Waals surface area contributed by atoms with Crippen molar-refractivity contribution < 1.29 is 19.1 Å². The quantitative estimate of drug-likeness (QED) is 0.910. The molecular formula is C14H12FNO3S. The van der Waals surface area contributed by atoms with Gasteiger partial charge in [-0.2, -0.15) is 0 Å². The van der Waals surface area contributed by atoms with Crippen molar-refractivity contribution in [2.45, 2.75) is 13.3 Å². The molecular weight excluding hydrogens is 281 g/mol. The van der Waals surface area contributed by atoms with Crippen LogP contribution in [-0.2, 0) is 11.2 Å². The van der Waals surface area contributed by atoms with Crippen LogP contribution in [0, 0.1) is 12.7 Å². The Kier molecular flexibility index (Phi) is 4.14. The van der Waals surface area contributed by atoms with Crippen molar-refractivity contribution >= 4 is 28.2 Å². The third-order valence-corrected chi connectivity index (χ3v) is 3.61. The zero-order valence-corrected chi connectivity index (χ0v) is 11.5. The number of aryl methyl sites for hydroxylation is 1. The highest BCUT2D eigenvalue weighted by atomic mass is 32.1. The van der Waals surface area contributed by atoms with E-state index in [-0.39, 0.29) is 22.5 Å². The van der Waals surface area contributed by atoms with Gasteiger partial charge in [0, 0.05) is 4.88 Å². The Morgan fingerprint density at radius 3 is 2.70 bits per heavy atom. The summed E-state index contributed by atoms with van der Waals surface area (Å²) in [7, 11) is 0. The smallest absolute Gasteiger partial charge is 0.338 e. The van der Waals surface area contributed by atoms with Gasteiger partial charge >= 0.3 is 5.97 Å².